The molecule has 1 amide bonds. The van der Waals surface area contributed by atoms with Crippen LogP contribution in [0, 0.1) is 5.82 Å². The van der Waals surface area contributed by atoms with E-state index in [-0.39, 0.29) is 16.5 Å². The lowest BCUT2D eigenvalue weighted by Gasteiger charge is -2.21. The molecule has 1 saturated heterocycles. The fourth-order valence-electron chi connectivity index (χ4n) is 3.64. The average molecular weight is 467 g/mol. The quantitative estimate of drug-likeness (QED) is 0.256. The molecule has 1 fully saturated rings. The van der Waals surface area contributed by atoms with Gasteiger partial charge in [-0.3, -0.25) is 14.5 Å². The van der Waals surface area contributed by atoms with Crippen LogP contribution in [0.1, 0.15) is 16.5 Å². The van der Waals surface area contributed by atoms with E-state index in [0.29, 0.717) is 26.4 Å². The van der Waals surface area contributed by atoms with Crippen molar-refractivity contribution in [2.45, 2.75) is 6.04 Å². The Bertz CT molecular complexity index is 1380. The lowest BCUT2D eigenvalue weighted by molar-refractivity contribution is -0.132. The first-order chi connectivity index (χ1) is 15.5. The van der Waals surface area contributed by atoms with Gasteiger partial charge < -0.3 is 9.84 Å². The van der Waals surface area contributed by atoms with Gasteiger partial charge in [-0.2, -0.15) is 0 Å². The Morgan fingerprint density at radius 3 is 2.62 bits per heavy atom. The molecule has 0 bridgehead atoms. The van der Waals surface area contributed by atoms with Crippen LogP contribution >= 0.6 is 22.7 Å². The number of nitrogens with zero attached hydrogens (tertiary/aromatic N) is 2. The van der Waals surface area contributed by atoms with Gasteiger partial charge in [-0.1, -0.05) is 17.4 Å². The van der Waals surface area contributed by atoms with Gasteiger partial charge in [0, 0.05) is 10.4 Å². The summed E-state index contributed by atoms with van der Waals surface area (Å²) in [5.74, 6) is -1.69. The van der Waals surface area contributed by atoms with Crippen LogP contribution in [-0.2, 0) is 9.59 Å². The predicted octanol–water partition coefficient (Wildman–Crippen LogP) is 5.13. The molecule has 160 valence electrons. The van der Waals surface area contributed by atoms with Crippen molar-refractivity contribution in [2.75, 3.05) is 12.0 Å². The number of ether oxygens (including phenoxy) is 1. The summed E-state index contributed by atoms with van der Waals surface area (Å²) in [5, 5.41) is 13.2. The maximum atomic E-state index is 13.7. The summed E-state index contributed by atoms with van der Waals surface area (Å²) in [7, 11) is 1.53. The highest BCUT2D eigenvalue weighted by Crippen LogP contribution is 2.45. The standard InChI is InChI=1S/C23H15FN2O4S2/c1-30-14-7-4-12(5-8-14)20(27)18-19(16-3-2-10-31-16)26(22(29)21(18)28)23-25-15-9-6-13(24)11-17(15)32-23/h2-11,19,27H,1H3. The number of methoxy groups -OCH3 is 1. The molecule has 9 heteroatoms. The second-order valence-electron chi connectivity index (χ2n) is 7.02. The zero-order valence-electron chi connectivity index (χ0n) is 16.6. The molecule has 1 aliphatic rings. The third-order valence-corrected chi connectivity index (χ3v) is 7.11. The van der Waals surface area contributed by atoms with Gasteiger partial charge in [0.15, 0.2) is 5.13 Å². The maximum Gasteiger partial charge on any atom is 0.301 e. The van der Waals surface area contributed by atoms with E-state index in [4.69, 9.17) is 4.74 Å². The summed E-state index contributed by atoms with van der Waals surface area (Å²) in [6, 6.07) is 13.5. The number of thiazole rings is 1. The monoisotopic (exact) mass is 466 g/mol. The highest BCUT2D eigenvalue weighted by Gasteiger charge is 2.48. The highest BCUT2D eigenvalue weighted by molar-refractivity contribution is 7.22. The first kappa shape index (κ1) is 20.3. The molecule has 32 heavy (non-hydrogen) atoms. The molecular formula is C23H15FN2O4S2. The smallest absolute Gasteiger partial charge is 0.301 e. The minimum atomic E-state index is -0.845. The third-order valence-electron chi connectivity index (χ3n) is 5.17. The number of fused-ring (bicyclic) bond motifs is 1. The van der Waals surface area contributed by atoms with Crippen molar-refractivity contribution in [2.24, 2.45) is 0 Å². The summed E-state index contributed by atoms with van der Waals surface area (Å²) in [4.78, 5) is 32.6. The molecule has 4 aromatic rings. The van der Waals surface area contributed by atoms with E-state index in [0.717, 1.165) is 11.3 Å². The van der Waals surface area contributed by atoms with Crippen molar-refractivity contribution < 1.29 is 23.8 Å². The Labute approximate surface area is 189 Å². The molecule has 1 unspecified atom stereocenters. The van der Waals surface area contributed by atoms with Crippen molar-refractivity contribution in [3.63, 3.8) is 0 Å². The Hall–Kier alpha value is -3.56. The predicted molar refractivity (Wildman–Crippen MR) is 122 cm³/mol. The summed E-state index contributed by atoms with van der Waals surface area (Å²) in [6.07, 6.45) is 0. The number of aliphatic hydroxyl groups excluding tert-OH is 1. The van der Waals surface area contributed by atoms with Gasteiger partial charge in [0.1, 0.15) is 23.4 Å². The van der Waals surface area contributed by atoms with Crippen LogP contribution in [0.4, 0.5) is 9.52 Å². The number of halogens is 1. The number of carbonyl (C=O) groups excluding carboxylic acids is 2. The van der Waals surface area contributed by atoms with Crippen molar-refractivity contribution in [3.8, 4) is 5.75 Å². The lowest BCUT2D eigenvalue weighted by Crippen LogP contribution is -2.28. The van der Waals surface area contributed by atoms with Gasteiger partial charge in [0.05, 0.1) is 22.9 Å². The molecule has 1 aliphatic heterocycles. The molecule has 2 aromatic carbocycles. The molecule has 2 aromatic heterocycles. The van der Waals surface area contributed by atoms with Gasteiger partial charge in [-0.15, -0.1) is 11.3 Å². The minimum absolute atomic E-state index is 0.0203. The summed E-state index contributed by atoms with van der Waals surface area (Å²) in [5.41, 5.74) is 0.887. The zero-order valence-corrected chi connectivity index (χ0v) is 18.2. The Balaban J connectivity index is 1.68. The number of anilines is 1. The van der Waals surface area contributed by atoms with E-state index in [2.05, 4.69) is 4.98 Å². The first-order valence-corrected chi connectivity index (χ1v) is 11.2. The number of amides is 1. The van der Waals surface area contributed by atoms with Crippen LogP contribution < -0.4 is 9.64 Å². The number of hydrogen-bond acceptors (Lipinski definition) is 7. The maximum absolute atomic E-state index is 13.7. The molecule has 0 radical (unpaired) electrons. The number of hydrogen-bond donors (Lipinski definition) is 1. The number of aliphatic hydroxyl groups is 1. The Morgan fingerprint density at radius 1 is 1.16 bits per heavy atom. The third kappa shape index (κ3) is 3.26. The van der Waals surface area contributed by atoms with Gasteiger partial charge in [-0.25, -0.2) is 9.37 Å². The Morgan fingerprint density at radius 2 is 1.94 bits per heavy atom. The van der Waals surface area contributed by atoms with Crippen LogP contribution in [0.3, 0.4) is 0 Å². The molecule has 5 rings (SSSR count). The topological polar surface area (TPSA) is 79.7 Å². The van der Waals surface area contributed by atoms with E-state index in [1.807, 2.05) is 5.38 Å². The largest absolute Gasteiger partial charge is 0.507 e. The number of aromatic nitrogens is 1. The van der Waals surface area contributed by atoms with Crippen molar-refractivity contribution in [3.05, 3.63) is 81.8 Å². The van der Waals surface area contributed by atoms with E-state index in [1.54, 1.807) is 36.4 Å². The van der Waals surface area contributed by atoms with E-state index in [9.17, 15) is 19.1 Å². The summed E-state index contributed by atoms with van der Waals surface area (Å²) in [6.45, 7) is 0. The van der Waals surface area contributed by atoms with Gasteiger partial charge >= 0.3 is 5.91 Å². The normalized spacial score (nSPS) is 17.9. The minimum Gasteiger partial charge on any atom is -0.507 e. The molecule has 6 nitrogen and oxygen atoms in total. The number of benzene rings is 2. The number of carbonyl (C=O) groups is 2. The molecule has 0 saturated carbocycles. The molecule has 3 heterocycles. The molecule has 1 N–H and O–H groups in total. The van der Waals surface area contributed by atoms with Crippen LogP contribution in [-0.4, -0.2) is 28.9 Å². The number of thiophene rings is 1. The van der Waals surface area contributed by atoms with E-state index < -0.39 is 23.5 Å². The number of Topliss-reactive ketones (excluding diaryl/α,β-unsaturated/α-hetero) is 1. The first-order valence-electron chi connectivity index (χ1n) is 9.53. The zero-order chi connectivity index (χ0) is 22.4. The number of ketones is 1. The second kappa shape index (κ2) is 7.85. The van der Waals surface area contributed by atoms with Crippen LogP contribution in [0.2, 0.25) is 0 Å². The van der Waals surface area contributed by atoms with E-state index >= 15 is 0 Å². The molecular weight excluding hydrogens is 451 g/mol. The van der Waals surface area contributed by atoms with Gasteiger partial charge in [0.25, 0.3) is 5.78 Å². The molecule has 0 aliphatic carbocycles. The van der Waals surface area contributed by atoms with Crippen LogP contribution in [0.5, 0.6) is 5.75 Å². The lowest BCUT2D eigenvalue weighted by atomic mass is 10.00. The van der Waals surface area contributed by atoms with Gasteiger partial charge in [-0.05, 0) is 53.9 Å². The molecule has 1 atom stereocenters. The Kier molecular flexibility index (Phi) is 4.99. The van der Waals surface area contributed by atoms with Gasteiger partial charge in [0.2, 0.25) is 0 Å². The van der Waals surface area contributed by atoms with Crippen molar-refractivity contribution >= 4 is 55.5 Å². The van der Waals surface area contributed by atoms with Crippen LogP contribution in [0.25, 0.3) is 16.0 Å². The fourth-order valence-corrected chi connectivity index (χ4v) is 5.48. The SMILES string of the molecule is COc1ccc(C(O)=C2C(=O)C(=O)N(c3nc4ccc(F)cc4s3)C2c2cccs2)cc1. The fraction of sp³-hybridized carbons (Fsp3) is 0.0870. The van der Waals surface area contributed by atoms with Crippen LogP contribution in [0.15, 0.2) is 65.6 Å². The van der Waals surface area contributed by atoms with Crippen molar-refractivity contribution in [1.82, 2.24) is 4.98 Å². The molecule has 0 spiro atoms. The summed E-state index contributed by atoms with van der Waals surface area (Å²) < 4.78 is 19.4. The number of rotatable bonds is 4. The summed E-state index contributed by atoms with van der Waals surface area (Å²) >= 11 is 2.48. The van der Waals surface area contributed by atoms with Crippen molar-refractivity contribution in [1.29, 1.82) is 0 Å². The highest BCUT2D eigenvalue weighted by atomic mass is 32.1. The average Bonchev–Trinajstić information content (AvgIpc) is 3.52. The second-order valence-corrected chi connectivity index (χ2v) is 9.01. The van der Waals surface area contributed by atoms with E-state index in [1.165, 1.54) is 41.5 Å².